The summed E-state index contributed by atoms with van der Waals surface area (Å²) in [5, 5.41) is 3.43. The van der Waals surface area contributed by atoms with Crippen molar-refractivity contribution in [2.45, 2.75) is 51.4 Å². The van der Waals surface area contributed by atoms with E-state index in [-0.39, 0.29) is 11.9 Å². The van der Waals surface area contributed by atoms with Gasteiger partial charge in [0.25, 0.3) is 0 Å². The summed E-state index contributed by atoms with van der Waals surface area (Å²) in [4.78, 5) is 14.5. The van der Waals surface area contributed by atoms with Crippen LogP contribution in [-0.4, -0.2) is 22.9 Å². The molecule has 96 valence electrons. The fourth-order valence-electron chi connectivity index (χ4n) is 3.04. The highest BCUT2D eigenvalue weighted by Gasteiger charge is 2.31. The summed E-state index contributed by atoms with van der Waals surface area (Å²) in [6.07, 6.45) is 3.32. The van der Waals surface area contributed by atoms with E-state index in [2.05, 4.69) is 24.4 Å². The molecule has 0 spiro atoms. The summed E-state index contributed by atoms with van der Waals surface area (Å²) in [7, 11) is 0. The highest BCUT2D eigenvalue weighted by atomic mass is 16.2. The van der Waals surface area contributed by atoms with Crippen molar-refractivity contribution >= 4 is 5.91 Å². The van der Waals surface area contributed by atoms with Gasteiger partial charge in [-0.3, -0.25) is 4.79 Å². The quantitative estimate of drug-likeness (QED) is 0.820. The zero-order chi connectivity index (χ0) is 12.5. The summed E-state index contributed by atoms with van der Waals surface area (Å²) < 4.78 is 0. The van der Waals surface area contributed by atoms with Crippen LogP contribution < -0.4 is 5.32 Å². The second-order valence-electron chi connectivity index (χ2n) is 5.51. The van der Waals surface area contributed by atoms with Crippen LogP contribution in [0.4, 0.5) is 0 Å². The lowest BCUT2D eigenvalue weighted by Crippen LogP contribution is -2.50. The molecule has 0 bridgehead atoms. The average Bonchev–Trinajstić information content (AvgIpc) is 2.81. The number of fused-ring (bicyclic) bond motifs is 1. The van der Waals surface area contributed by atoms with E-state index < -0.39 is 0 Å². The molecule has 2 unspecified atom stereocenters. The first kappa shape index (κ1) is 11.7. The molecular weight excluding hydrogens is 224 g/mol. The predicted octanol–water partition coefficient (Wildman–Crippen LogP) is 2.06. The van der Waals surface area contributed by atoms with E-state index in [1.54, 1.807) is 0 Å². The second kappa shape index (κ2) is 4.73. The molecule has 0 aliphatic carbocycles. The molecule has 1 aromatic carbocycles. The van der Waals surface area contributed by atoms with Gasteiger partial charge in [-0.05, 0) is 37.3 Å². The third-order valence-electron chi connectivity index (χ3n) is 4.07. The lowest BCUT2D eigenvalue weighted by molar-refractivity contribution is -0.135. The van der Waals surface area contributed by atoms with Gasteiger partial charge in [0.2, 0.25) is 5.91 Å². The number of benzene rings is 1. The molecule has 1 aromatic rings. The van der Waals surface area contributed by atoms with Gasteiger partial charge in [-0.15, -0.1) is 0 Å². The summed E-state index contributed by atoms with van der Waals surface area (Å²) in [5.74, 6) is 0.276. The number of nitrogens with one attached hydrogen (secondary N) is 1. The van der Waals surface area contributed by atoms with Gasteiger partial charge in [0.05, 0.1) is 6.04 Å². The van der Waals surface area contributed by atoms with E-state index in [0.29, 0.717) is 6.04 Å². The molecule has 3 nitrogen and oxygen atoms in total. The van der Waals surface area contributed by atoms with Gasteiger partial charge in [-0.1, -0.05) is 24.3 Å². The Morgan fingerprint density at radius 3 is 2.50 bits per heavy atom. The molecule has 3 rings (SSSR count). The van der Waals surface area contributed by atoms with E-state index in [1.807, 2.05) is 17.0 Å². The van der Waals surface area contributed by atoms with E-state index >= 15 is 0 Å². The predicted molar refractivity (Wildman–Crippen MR) is 70.9 cm³/mol. The van der Waals surface area contributed by atoms with Crippen molar-refractivity contribution in [2.75, 3.05) is 0 Å². The van der Waals surface area contributed by atoms with Crippen LogP contribution in [0.2, 0.25) is 0 Å². The fourth-order valence-corrected chi connectivity index (χ4v) is 3.04. The van der Waals surface area contributed by atoms with Crippen molar-refractivity contribution in [3.05, 3.63) is 35.4 Å². The Labute approximate surface area is 108 Å². The molecular formula is C15H20N2O. The first-order valence-electron chi connectivity index (χ1n) is 6.85. The molecule has 1 saturated heterocycles. The molecule has 2 atom stereocenters. The normalized spacial score (nSPS) is 27.1. The lowest BCUT2D eigenvalue weighted by atomic mass is 9.99. The minimum atomic E-state index is 0.0306. The average molecular weight is 244 g/mol. The third kappa shape index (κ3) is 2.15. The first-order valence-corrected chi connectivity index (χ1v) is 6.85. The van der Waals surface area contributed by atoms with E-state index in [0.717, 1.165) is 25.9 Å². The first-order chi connectivity index (χ1) is 8.74. The second-order valence-corrected chi connectivity index (χ2v) is 5.51. The maximum absolute atomic E-state index is 12.5. The van der Waals surface area contributed by atoms with Gasteiger partial charge >= 0.3 is 0 Å². The van der Waals surface area contributed by atoms with Gasteiger partial charge in [0.1, 0.15) is 0 Å². The molecule has 3 heteroatoms. The van der Waals surface area contributed by atoms with Crippen molar-refractivity contribution in [1.29, 1.82) is 0 Å². The standard InChI is InChI=1S/C15H20N2O/c1-11-5-4-8-14(16-11)15(18)17-9-12-6-2-3-7-13(12)10-17/h2-3,6-7,11,14,16H,4-5,8-10H2,1H3. The minimum absolute atomic E-state index is 0.0306. The van der Waals surface area contributed by atoms with Crippen LogP contribution in [0.25, 0.3) is 0 Å². The van der Waals surface area contributed by atoms with Crippen LogP contribution in [0.1, 0.15) is 37.3 Å². The van der Waals surface area contributed by atoms with Crippen molar-refractivity contribution < 1.29 is 4.79 Å². The van der Waals surface area contributed by atoms with Gasteiger partial charge in [-0.25, -0.2) is 0 Å². The number of carbonyl (C=O) groups excluding carboxylic acids is 1. The Kier molecular flexibility index (Phi) is 3.08. The minimum Gasteiger partial charge on any atom is -0.333 e. The highest BCUT2D eigenvalue weighted by Crippen LogP contribution is 2.24. The van der Waals surface area contributed by atoms with E-state index in [9.17, 15) is 4.79 Å². The zero-order valence-electron chi connectivity index (χ0n) is 10.9. The van der Waals surface area contributed by atoms with Crippen molar-refractivity contribution in [2.24, 2.45) is 0 Å². The lowest BCUT2D eigenvalue weighted by Gasteiger charge is -2.30. The van der Waals surface area contributed by atoms with Gasteiger partial charge in [-0.2, -0.15) is 0 Å². The number of nitrogens with zero attached hydrogens (tertiary/aromatic N) is 1. The zero-order valence-corrected chi connectivity index (χ0v) is 10.9. The number of carbonyl (C=O) groups is 1. The molecule has 2 aliphatic heterocycles. The Bertz CT molecular complexity index is 433. The molecule has 1 N–H and O–H groups in total. The molecule has 0 saturated carbocycles. The van der Waals surface area contributed by atoms with Gasteiger partial charge in [0.15, 0.2) is 0 Å². The third-order valence-corrected chi connectivity index (χ3v) is 4.07. The maximum atomic E-state index is 12.5. The molecule has 2 aliphatic rings. The molecule has 1 fully saturated rings. The summed E-state index contributed by atoms with van der Waals surface area (Å²) in [5.41, 5.74) is 2.60. The smallest absolute Gasteiger partial charge is 0.240 e. The number of piperidine rings is 1. The van der Waals surface area contributed by atoms with Crippen LogP contribution in [0.15, 0.2) is 24.3 Å². The summed E-state index contributed by atoms with van der Waals surface area (Å²) >= 11 is 0. The van der Waals surface area contributed by atoms with Crippen molar-refractivity contribution in [3.63, 3.8) is 0 Å². The largest absolute Gasteiger partial charge is 0.333 e. The van der Waals surface area contributed by atoms with E-state index in [1.165, 1.54) is 17.5 Å². The molecule has 0 aromatic heterocycles. The molecule has 18 heavy (non-hydrogen) atoms. The van der Waals surface area contributed by atoms with Gasteiger partial charge in [0, 0.05) is 19.1 Å². The molecule has 1 amide bonds. The van der Waals surface area contributed by atoms with Crippen LogP contribution in [-0.2, 0) is 17.9 Å². The Balaban J connectivity index is 1.68. The number of rotatable bonds is 1. The summed E-state index contributed by atoms with van der Waals surface area (Å²) in [6, 6.07) is 8.85. The fraction of sp³-hybridized carbons (Fsp3) is 0.533. The van der Waals surface area contributed by atoms with E-state index in [4.69, 9.17) is 0 Å². The van der Waals surface area contributed by atoms with Crippen LogP contribution in [0.5, 0.6) is 0 Å². The van der Waals surface area contributed by atoms with Crippen molar-refractivity contribution in [3.8, 4) is 0 Å². The Hall–Kier alpha value is -1.35. The Morgan fingerprint density at radius 2 is 1.89 bits per heavy atom. The SMILES string of the molecule is CC1CCCC(C(=O)N2Cc3ccccc3C2)N1. The van der Waals surface area contributed by atoms with Crippen molar-refractivity contribution in [1.82, 2.24) is 10.2 Å². The van der Waals surface area contributed by atoms with Crippen LogP contribution in [0, 0.1) is 0 Å². The topological polar surface area (TPSA) is 32.3 Å². The van der Waals surface area contributed by atoms with Gasteiger partial charge < -0.3 is 10.2 Å². The highest BCUT2D eigenvalue weighted by molar-refractivity contribution is 5.82. The number of hydrogen-bond acceptors (Lipinski definition) is 2. The Morgan fingerprint density at radius 1 is 1.22 bits per heavy atom. The van der Waals surface area contributed by atoms with Crippen LogP contribution in [0.3, 0.4) is 0 Å². The number of hydrogen-bond donors (Lipinski definition) is 1. The summed E-state index contributed by atoms with van der Waals surface area (Å²) in [6.45, 7) is 3.72. The van der Waals surface area contributed by atoms with Crippen LogP contribution >= 0.6 is 0 Å². The molecule has 2 heterocycles. The monoisotopic (exact) mass is 244 g/mol. The number of amides is 1. The maximum Gasteiger partial charge on any atom is 0.240 e. The molecule has 0 radical (unpaired) electrons.